The van der Waals surface area contributed by atoms with Crippen LogP contribution in [0.4, 0.5) is 18.9 Å². The number of nitrogens with two attached hydrogens (primary N) is 2. The molecule has 0 aliphatic heterocycles. The molecule has 4 N–H and O–H groups in total. The van der Waals surface area contributed by atoms with E-state index in [9.17, 15) is 18.0 Å². The van der Waals surface area contributed by atoms with Crippen LogP contribution in [0, 0.1) is 0 Å². The molecule has 82 valence electrons. The van der Waals surface area contributed by atoms with Crippen LogP contribution in [-0.4, -0.2) is 12.3 Å². The van der Waals surface area contributed by atoms with Crippen LogP contribution in [0.1, 0.15) is 10.4 Å². The Labute approximate surface area is 82.6 Å². The van der Waals surface area contributed by atoms with Crippen molar-refractivity contribution < 1.29 is 22.7 Å². The molecule has 0 atom stereocenters. The summed E-state index contributed by atoms with van der Waals surface area (Å²) in [5.74, 6) is -1.70. The van der Waals surface area contributed by atoms with Crippen LogP contribution in [0.5, 0.6) is 5.75 Å². The molecule has 0 saturated heterocycles. The molecule has 0 unspecified atom stereocenters. The number of carbonyl (C=O) groups excluding carboxylic acids is 1. The fraction of sp³-hybridized carbons (Fsp3) is 0.125. The Hall–Kier alpha value is -1.92. The quantitative estimate of drug-likeness (QED) is 0.736. The van der Waals surface area contributed by atoms with Gasteiger partial charge in [-0.05, 0) is 18.2 Å². The van der Waals surface area contributed by atoms with Crippen LogP contribution in [0.25, 0.3) is 0 Å². The summed E-state index contributed by atoms with van der Waals surface area (Å²) in [7, 11) is 0. The number of nitrogen functional groups attached to an aromatic ring is 1. The maximum absolute atomic E-state index is 11.9. The van der Waals surface area contributed by atoms with Crippen molar-refractivity contribution in [2.75, 3.05) is 5.73 Å². The van der Waals surface area contributed by atoms with Crippen LogP contribution in [0.3, 0.4) is 0 Å². The van der Waals surface area contributed by atoms with Crippen LogP contribution < -0.4 is 16.2 Å². The van der Waals surface area contributed by atoms with E-state index in [1.165, 1.54) is 6.07 Å². The van der Waals surface area contributed by atoms with Gasteiger partial charge in [-0.3, -0.25) is 4.79 Å². The first-order chi connectivity index (χ1) is 6.79. The molecule has 1 aromatic carbocycles. The molecule has 1 rings (SSSR count). The maximum atomic E-state index is 11.9. The molecule has 1 amide bonds. The topological polar surface area (TPSA) is 78.3 Å². The number of primary amides is 1. The van der Waals surface area contributed by atoms with Gasteiger partial charge in [-0.15, -0.1) is 13.2 Å². The van der Waals surface area contributed by atoms with E-state index < -0.39 is 23.6 Å². The van der Waals surface area contributed by atoms with Crippen molar-refractivity contribution in [1.82, 2.24) is 0 Å². The van der Waals surface area contributed by atoms with Gasteiger partial charge in [0.25, 0.3) is 5.91 Å². The molecule has 0 bridgehead atoms. The summed E-state index contributed by atoms with van der Waals surface area (Å²) in [5, 5.41) is 0. The number of ether oxygens (including phenoxy) is 1. The molecule has 0 fully saturated rings. The molecular weight excluding hydrogens is 213 g/mol. The Morgan fingerprint density at radius 2 is 1.93 bits per heavy atom. The van der Waals surface area contributed by atoms with E-state index in [1.54, 1.807) is 0 Å². The number of amides is 1. The van der Waals surface area contributed by atoms with Gasteiger partial charge in [-0.1, -0.05) is 0 Å². The highest BCUT2D eigenvalue weighted by atomic mass is 19.4. The van der Waals surface area contributed by atoms with Crippen LogP contribution in [0.2, 0.25) is 0 Å². The lowest BCUT2D eigenvalue weighted by atomic mass is 10.1. The Balaban J connectivity index is 3.12. The molecule has 4 nitrogen and oxygen atoms in total. The second kappa shape index (κ2) is 3.68. The highest BCUT2D eigenvalue weighted by Gasteiger charge is 2.32. The minimum atomic E-state index is -4.87. The molecular formula is C8H7F3N2O2. The Morgan fingerprint density at radius 1 is 1.33 bits per heavy atom. The van der Waals surface area contributed by atoms with Gasteiger partial charge in [0.15, 0.2) is 0 Å². The second-order valence-electron chi connectivity index (χ2n) is 2.67. The Bertz CT molecular complexity index is 390. The molecule has 0 heterocycles. The molecule has 0 spiro atoms. The zero-order chi connectivity index (χ0) is 11.6. The minimum absolute atomic E-state index is 0.123. The van der Waals surface area contributed by atoms with E-state index in [0.717, 1.165) is 12.1 Å². The van der Waals surface area contributed by atoms with Gasteiger partial charge < -0.3 is 16.2 Å². The number of rotatable bonds is 2. The van der Waals surface area contributed by atoms with Gasteiger partial charge in [0.1, 0.15) is 5.75 Å². The van der Waals surface area contributed by atoms with E-state index in [-0.39, 0.29) is 5.69 Å². The van der Waals surface area contributed by atoms with Gasteiger partial charge in [-0.2, -0.15) is 0 Å². The van der Waals surface area contributed by atoms with Crippen molar-refractivity contribution in [3.05, 3.63) is 23.8 Å². The summed E-state index contributed by atoms with van der Waals surface area (Å²) in [6.45, 7) is 0. The third kappa shape index (κ3) is 3.04. The SMILES string of the molecule is NC(=O)c1cc(N)ccc1OC(F)(F)F. The predicted octanol–water partition coefficient (Wildman–Crippen LogP) is 1.27. The number of carbonyl (C=O) groups is 1. The molecule has 15 heavy (non-hydrogen) atoms. The van der Waals surface area contributed by atoms with Crippen molar-refractivity contribution in [2.24, 2.45) is 5.73 Å². The summed E-state index contributed by atoms with van der Waals surface area (Å²) in [5.41, 5.74) is 9.86. The number of hydrogen-bond acceptors (Lipinski definition) is 3. The summed E-state index contributed by atoms with van der Waals surface area (Å²) in [6.07, 6.45) is -4.87. The van der Waals surface area contributed by atoms with Gasteiger partial charge in [0.05, 0.1) is 5.56 Å². The van der Waals surface area contributed by atoms with Crippen molar-refractivity contribution >= 4 is 11.6 Å². The average molecular weight is 220 g/mol. The van der Waals surface area contributed by atoms with E-state index in [0.29, 0.717) is 0 Å². The fourth-order valence-electron chi connectivity index (χ4n) is 0.954. The molecule has 7 heteroatoms. The number of anilines is 1. The van der Waals surface area contributed by atoms with Crippen LogP contribution >= 0.6 is 0 Å². The lowest BCUT2D eigenvalue weighted by Gasteiger charge is -2.11. The van der Waals surface area contributed by atoms with Gasteiger partial charge in [-0.25, -0.2) is 0 Å². The zero-order valence-corrected chi connectivity index (χ0v) is 7.34. The van der Waals surface area contributed by atoms with Crippen molar-refractivity contribution in [3.8, 4) is 5.75 Å². The van der Waals surface area contributed by atoms with E-state index in [1.807, 2.05) is 0 Å². The summed E-state index contributed by atoms with van der Waals surface area (Å²) in [4.78, 5) is 10.8. The molecule has 0 aromatic heterocycles. The predicted molar refractivity (Wildman–Crippen MR) is 46.1 cm³/mol. The lowest BCUT2D eigenvalue weighted by Crippen LogP contribution is -2.21. The van der Waals surface area contributed by atoms with Crippen molar-refractivity contribution in [3.63, 3.8) is 0 Å². The second-order valence-corrected chi connectivity index (χ2v) is 2.67. The maximum Gasteiger partial charge on any atom is 0.573 e. The van der Waals surface area contributed by atoms with Gasteiger partial charge in [0.2, 0.25) is 0 Å². The summed E-state index contributed by atoms with van der Waals surface area (Å²) >= 11 is 0. The molecule has 0 radical (unpaired) electrons. The molecule has 0 saturated carbocycles. The first-order valence-electron chi connectivity index (χ1n) is 3.74. The van der Waals surface area contributed by atoms with Crippen molar-refractivity contribution in [2.45, 2.75) is 6.36 Å². The average Bonchev–Trinajstić information content (AvgIpc) is 2.05. The third-order valence-electron chi connectivity index (χ3n) is 1.49. The van der Waals surface area contributed by atoms with Crippen LogP contribution in [0.15, 0.2) is 18.2 Å². The number of alkyl halides is 3. The first kappa shape index (κ1) is 11.2. The molecule has 0 aliphatic carbocycles. The normalized spacial score (nSPS) is 11.1. The van der Waals surface area contributed by atoms with E-state index in [2.05, 4.69) is 4.74 Å². The van der Waals surface area contributed by atoms with Crippen LogP contribution in [-0.2, 0) is 0 Å². The largest absolute Gasteiger partial charge is 0.573 e. The smallest absolute Gasteiger partial charge is 0.405 e. The zero-order valence-electron chi connectivity index (χ0n) is 7.34. The standard InChI is InChI=1S/C8H7F3N2O2/c9-8(10,11)15-6-2-1-4(12)3-5(6)7(13)14/h1-3H,12H2,(H2,13,14). The minimum Gasteiger partial charge on any atom is -0.405 e. The van der Waals surface area contributed by atoms with E-state index in [4.69, 9.17) is 11.5 Å². The monoisotopic (exact) mass is 220 g/mol. The van der Waals surface area contributed by atoms with E-state index >= 15 is 0 Å². The van der Waals surface area contributed by atoms with Gasteiger partial charge in [0, 0.05) is 5.69 Å². The number of hydrogen-bond donors (Lipinski definition) is 2. The van der Waals surface area contributed by atoms with Gasteiger partial charge >= 0.3 is 6.36 Å². The lowest BCUT2D eigenvalue weighted by molar-refractivity contribution is -0.274. The molecule has 0 aliphatic rings. The third-order valence-corrected chi connectivity index (χ3v) is 1.49. The number of benzene rings is 1. The number of halogens is 3. The Kier molecular flexibility index (Phi) is 2.74. The fourth-order valence-corrected chi connectivity index (χ4v) is 0.954. The summed E-state index contributed by atoms with van der Waals surface area (Å²) in [6, 6.07) is 3.12. The van der Waals surface area contributed by atoms with Crippen molar-refractivity contribution in [1.29, 1.82) is 0 Å². The first-order valence-corrected chi connectivity index (χ1v) is 3.74. The highest BCUT2D eigenvalue weighted by molar-refractivity contribution is 5.96. The summed E-state index contributed by atoms with van der Waals surface area (Å²) < 4.78 is 39.2. The Morgan fingerprint density at radius 3 is 2.40 bits per heavy atom. The highest BCUT2D eigenvalue weighted by Crippen LogP contribution is 2.27. The molecule has 1 aromatic rings.